The molecule has 0 radical (unpaired) electrons. The van der Waals surface area contributed by atoms with Gasteiger partial charge in [0, 0.05) is 19.2 Å². The quantitative estimate of drug-likeness (QED) is 0.623. The lowest BCUT2D eigenvalue weighted by Crippen LogP contribution is -2.25. The van der Waals surface area contributed by atoms with E-state index < -0.39 is 0 Å². The first-order valence-electron chi connectivity index (χ1n) is 6.29. The van der Waals surface area contributed by atoms with Crippen molar-refractivity contribution in [1.29, 1.82) is 0 Å². The predicted molar refractivity (Wildman–Crippen MR) is 70.4 cm³/mol. The SMILES string of the molecule is CC(C)C1CC(=O)N(Cc2cc(NN)ccn2)C1. The highest BCUT2D eigenvalue weighted by Gasteiger charge is 2.31. The van der Waals surface area contributed by atoms with Crippen LogP contribution in [0.15, 0.2) is 18.3 Å². The molecule has 1 aromatic rings. The smallest absolute Gasteiger partial charge is 0.223 e. The van der Waals surface area contributed by atoms with E-state index in [1.807, 2.05) is 11.0 Å². The molecule has 3 N–H and O–H groups in total. The molecule has 1 aliphatic rings. The van der Waals surface area contributed by atoms with Gasteiger partial charge in [-0.1, -0.05) is 13.8 Å². The number of rotatable bonds is 4. The average Bonchev–Trinajstić information content (AvgIpc) is 2.71. The maximum atomic E-state index is 11.9. The van der Waals surface area contributed by atoms with E-state index in [2.05, 4.69) is 24.3 Å². The molecule has 2 heterocycles. The Labute approximate surface area is 107 Å². The first-order chi connectivity index (χ1) is 8.60. The van der Waals surface area contributed by atoms with E-state index in [0.29, 0.717) is 24.8 Å². The van der Waals surface area contributed by atoms with E-state index in [-0.39, 0.29) is 5.91 Å². The summed E-state index contributed by atoms with van der Waals surface area (Å²) in [5.74, 6) is 6.59. The minimum Gasteiger partial charge on any atom is -0.336 e. The molecule has 1 amide bonds. The highest BCUT2D eigenvalue weighted by Crippen LogP contribution is 2.25. The minimum atomic E-state index is 0.224. The zero-order valence-corrected chi connectivity index (χ0v) is 10.9. The fourth-order valence-corrected chi connectivity index (χ4v) is 2.25. The van der Waals surface area contributed by atoms with Gasteiger partial charge in [-0.15, -0.1) is 0 Å². The molecule has 5 nitrogen and oxygen atoms in total. The van der Waals surface area contributed by atoms with Crippen LogP contribution in [0.25, 0.3) is 0 Å². The number of anilines is 1. The summed E-state index contributed by atoms with van der Waals surface area (Å²) in [5, 5.41) is 0. The van der Waals surface area contributed by atoms with Crippen LogP contribution in [-0.2, 0) is 11.3 Å². The third kappa shape index (κ3) is 2.79. The van der Waals surface area contributed by atoms with Crippen LogP contribution in [0, 0.1) is 11.8 Å². The molecule has 18 heavy (non-hydrogen) atoms. The van der Waals surface area contributed by atoms with Crippen LogP contribution in [-0.4, -0.2) is 22.3 Å². The van der Waals surface area contributed by atoms with Gasteiger partial charge < -0.3 is 10.3 Å². The number of pyridine rings is 1. The molecule has 1 unspecified atom stereocenters. The fraction of sp³-hybridized carbons (Fsp3) is 0.538. The maximum Gasteiger partial charge on any atom is 0.223 e. The monoisotopic (exact) mass is 248 g/mol. The summed E-state index contributed by atoms with van der Waals surface area (Å²) in [6.07, 6.45) is 2.36. The molecule has 0 spiro atoms. The Morgan fingerprint density at radius 3 is 3.00 bits per heavy atom. The molecule has 0 bridgehead atoms. The molecule has 0 aromatic carbocycles. The van der Waals surface area contributed by atoms with Crippen LogP contribution in [0.2, 0.25) is 0 Å². The highest BCUT2D eigenvalue weighted by atomic mass is 16.2. The van der Waals surface area contributed by atoms with Gasteiger partial charge in [0.25, 0.3) is 0 Å². The van der Waals surface area contributed by atoms with Crippen LogP contribution in [0.4, 0.5) is 5.69 Å². The van der Waals surface area contributed by atoms with Crippen molar-refractivity contribution in [3.05, 3.63) is 24.0 Å². The van der Waals surface area contributed by atoms with Crippen LogP contribution in [0.3, 0.4) is 0 Å². The Balaban J connectivity index is 2.03. The topological polar surface area (TPSA) is 71.2 Å². The number of likely N-dealkylation sites (tertiary alicyclic amines) is 1. The zero-order valence-electron chi connectivity index (χ0n) is 10.9. The minimum absolute atomic E-state index is 0.224. The lowest BCUT2D eigenvalue weighted by atomic mass is 9.95. The van der Waals surface area contributed by atoms with Crippen molar-refractivity contribution >= 4 is 11.6 Å². The van der Waals surface area contributed by atoms with Crippen LogP contribution in [0.5, 0.6) is 0 Å². The molecule has 2 rings (SSSR count). The van der Waals surface area contributed by atoms with Gasteiger partial charge in [-0.3, -0.25) is 15.6 Å². The van der Waals surface area contributed by atoms with E-state index in [0.717, 1.165) is 17.9 Å². The molecule has 98 valence electrons. The summed E-state index contributed by atoms with van der Waals surface area (Å²) in [6.45, 7) is 5.73. The summed E-state index contributed by atoms with van der Waals surface area (Å²) < 4.78 is 0. The van der Waals surface area contributed by atoms with E-state index in [9.17, 15) is 4.79 Å². The van der Waals surface area contributed by atoms with E-state index >= 15 is 0 Å². The number of nitrogens with two attached hydrogens (primary N) is 1. The summed E-state index contributed by atoms with van der Waals surface area (Å²) in [5.41, 5.74) is 4.26. The predicted octanol–water partition coefficient (Wildman–Crippen LogP) is 1.37. The molecule has 1 atom stereocenters. The lowest BCUT2D eigenvalue weighted by molar-refractivity contribution is -0.128. The van der Waals surface area contributed by atoms with Crippen molar-refractivity contribution in [2.75, 3.05) is 12.0 Å². The Morgan fingerprint density at radius 1 is 1.61 bits per heavy atom. The first-order valence-corrected chi connectivity index (χ1v) is 6.29. The molecule has 1 fully saturated rings. The lowest BCUT2D eigenvalue weighted by Gasteiger charge is -2.17. The number of nitrogens with zero attached hydrogens (tertiary/aromatic N) is 2. The summed E-state index contributed by atoms with van der Waals surface area (Å²) in [6, 6.07) is 3.67. The maximum absolute atomic E-state index is 11.9. The van der Waals surface area contributed by atoms with Gasteiger partial charge in [-0.05, 0) is 24.0 Å². The van der Waals surface area contributed by atoms with E-state index in [4.69, 9.17) is 5.84 Å². The van der Waals surface area contributed by atoms with Crippen molar-refractivity contribution in [1.82, 2.24) is 9.88 Å². The molecule has 1 saturated heterocycles. The van der Waals surface area contributed by atoms with Crippen molar-refractivity contribution in [2.45, 2.75) is 26.8 Å². The van der Waals surface area contributed by atoms with Crippen LogP contribution < -0.4 is 11.3 Å². The first kappa shape index (κ1) is 12.8. The van der Waals surface area contributed by atoms with Crippen molar-refractivity contribution in [2.24, 2.45) is 17.7 Å². The summed E-state index contributed by atoms with van der Waals surface area (Å²) in [4.78, 5) is 18.1. The van der Waals surface area contributed by atoms with Crippen molar-refractivity contribution in [3.63, 3.8) is 0 Å². The average molecular weight is 248 g/mol. The number of aromatic nitrogens is 1. The van der Waals surface area contributed by atoms with E-state index in [1.54, 1.807) is 12.3 Å². The standard InChI is InChI=1S/C13H20N4O/c1-9(2)10-5-13(18)17(7-10)8-12-6-11(16-14)3-4-15-12/h3-4,6,9-10H,5,7-8,14H2,1-2H3,(H,15,16). The van der Waals surface area contributed by atoms with Crippen LogP contribution >= 0.6 is 0 Å². The zero-order chi connectivity index (χ0) is 13.1. The largest absolute Gasteiger partial charge is 0.336 e. The number of hydrogen-bond donors (Lipinski definition) is 2. The second-order valence-electron chi connectivity index (χ2n) is 5.16. The number of amides is 1. The number of hydrazine groups is 1. The number of nitrogen functional groups attached to an aromatic ring is 1. The normalized spacial score (nSPS) is 19.7. The molecule has 0 saturated carbocycles. The highest BCUT2D eigenvalue weighted by molar-refractivity contribution is 5.78. The third-order valence-corrected chi connectivity index (χ3v) is 3.52. The number of carbonyl (C=O) groups excluding carboxylic acids is 1. The Bertz CT molecular complexity index is 433. The Morgan fingerprint density at radius 2 is 2.39 bits per heavy atom. The summed E-state index contributed by atoms with van der Waals surface area (Å²) in [7, 11) is 0. The molecule has 0 aliphatic carbocycles. The van der Waals surface area contributed by atoms with Crippen LogP contribution in [0.1, 0.15) is 26.0 Å². The van der Waals surface area contributed by atoms with Crippen molar-refractivity contribution < 1.29 is 4.79 Å². The molecule has 5 heteroatoms. The summed E-state index contributed by atoms with van der Waals surface area (Å²) >= 11 is 0. The fourth-order valence-electron chi connectivity index (χ4n) is 2.25. The Hall–Kier alpha value is -1.62. The van der Waals surface area contributed by atoms with Gasteiger partial charge in [0.05, 0.1) is 17.9 Å². The number of nitrogens with one attached hydrogen (secondary N) is 1. The molecule has 1 aliphatic heterocycles. The number of carbonyl (C=O) groups is 1. The molecule has 1 aromatic heterocycles. The molecular weight excluding hydrogens is 228 g/mol. The Kier molecular flexibility index (Phi) is 3.81. The second kappa shape index (κ2) is 5.35. The number of hydrogen-bond acceptors (Lipinski definition) is 4. The van der Waals surface area contributed by atoms with Gasteiger partial charge >= 0.3 is 0 Å². The van der Waals surface area contributed by atoms with Crippen molar-refractivity contribution in [3.8, 4) is 0 Å². The van der Waals surface area contributed by atoms with Gasteiger partial charge in [-0.2, -0.15) is 0 Å². The third-order valence-electron chi connectivity index (χ3n) is 3.52. The van der Waals surface area contributed by atoms with E-state index in [1.165, 1.54) is 0 Å². The second-order valence-corrected chi connectivity index (χ2v) is 5.16. The molecular formula is C13H20N4O. The van der Waals surface area contributed by atoms with Gasteiger partial charge in [0.15, 0.2) is 0 Å². The van der Waals surface area contributed by atoms with Gasteiger partial charge in [0.1, 0.15) is 0 Å². The van der Waals surface area contributed by atoms with Gasteiger partial charge in [0.2, 0.25) is 5.91 Å². The van der Waals surface area contributed by atoms with Gasteiger partial charge in [-0.25, -0.2) is 0 Å².